The van der Waals surface area contributed by atoms with E-state index >= 15 is 0 Å². The van der Waals surface area contributed by atoms with Gasteiger partial charge in [0.2, 0.25) is 5.91 Å². The summed E-state index contributed by atoms with van der Waals surface area (Å²) >= 11 is 1.67. The van der Waals surface area contributed by atoms with Crippen molar-refractivity contribution in [2.75, 3.05) is 19.6 Å². The van der Waals surface area contributed by atoms with Gasteiger partial charge in [-0.05, 0) is 37.1 Å². The molecule has 0 bridgehead atoms. The number of carbonyl (C=O) groups excluding carboxylic acids is 2. The smallest absolute Gasteiger partial charge is 0.253 e. The second-order valence-electron chi connectivity index (χ2n) is 6.89. The van der Waals surface area contributed by atoms with E-state index in [4.69, 9.17) is 10.2 Å². The van der Waals surface area contributed by atoms with Gasteiger partial charge in [0, 0.05) is 49.3 Å². The molecule has 3 rings (SSSR count). The normalized spacial score (nSPS) is 14.5. The Hall–Kier alpha value is -2.72. The third-order valence-corrected chi connectivity index (χ3v) is 6.04. The number of likely N-dealkylation sites (tertiary alicyclic amines) is 1. The van der Waals surface area contributed by atoms with Crippen molar-refractivity contribution in [3.63, 3.8) is 0 Å². The summed E-state index contributed by atoms with van der Waals surface area (Å²) in [7, 11) is 0. The summed E-state index contributed by atoms with van der Waals surface area (Å²) in [5, 5.41) is 14.9. The molecule has 1 aliphatic rings. The zero-order chi connectivity index (χ0) is 19.9. The molecule has 2 amide bonds. The summed E-state index contributed by atoms with van der Waals surface area (Å²) in [5.41, 5.74) is 2.21. The van der Waals surface area contributed by atoms with Gasteiger partial charge < -0.3 is 10.2 Å². The van der Waals surface area contributed by atoms with Crippen molar-refractivity contribution < 1.29 is 9.59 Å². The molecule has 1 saturated heterocycles. The third kappa shape index (κ3) is 4.96. The van der Waals surface area contributed by atoms with Gasteiger partial charge in [-0.15, -0.1) is 11.3 Å². The van der Waals surface area contributed by atoms with Crippen molar-refractivity contribution in [2.45, 2.75) is 38.5 Å². The van der Waals surface area contributed by atoms with Crippen molar-refractivity contribution in [1.29, 1.82) is 5.26 Å². The number of hydrogen-bond acceptors (Lipinski definition) is 5. The van der Waals surface area contributed by atoms with Gasteiger partial charge in [-0.2, -0.15) is 5.26 Å². The number of nitrogens with one attached hydrogen (secondary N) is 1. The minimum Gasteiger partial charge on any atom is -0.356 e. The van der Waals surface area contributed by atoms with Gasteiger partial charge in [0.1, 0.15) is 0 Å². The van der Waals surface area contributed by atoms with E-state index in [-0.39, 0.29) is 11.8 Å². The number of thiazole rings is 1. The number of carbonyl (C=O) groups is 2. The molecule has 1 N–H and O–H groups in total. The average Bonchev–Trinajstić information content (AvgIpc) is 3.22. The van der Waals surface area contributed by atoms with Crippen LogP contribution in [0.15, 0.2) is 29.6 Å². The zero-order valence-corrected chi connectivity index (χ0v) is 16.8. The number of amides is 2. The Bertz CT molecular complexity index is 861. The first-order valence-corrected chi connectivity index (χ1v) is 10.5. The highest BCUT2D eigenvalue weighted by Gasteiger charge is 2.26. The fraction of sp³-hybridized carbons (Fsp3) is 0.429. The molecule has 1 aromatic carbocycles. The van der Waals surface area contributed by atoms with Crippen LogP contribution >= 0.6 is 11.3 Å². The van der Waals surface area contributed by atoms with E-state index < -0.39 is 0 Å². The van der Waals surface area contributed by atoms with E-state index in [9.17, 15) is 9.59 Å². The minimum absolute atomic E-state index is 0.0226. The SMILES string of the molecule is CCC(=O)NCCc1csc(C2CCN(C(=O)c3ccc(C#N)cc3)CC2)n1. The first-order chi connectivity index (χ1) is 13.6. The molecule has 146 valence electrons. The molecule has 28 heavy (non-hydrogen) atoms. The van der Waals surface area contributed by atoms with E-state index in [1.54, 1.807) is 35.6 Å². The van der Waals surface area contributed by atoms with Crippen LogP contribution in [-0.2, 0) is 11.2 Å². The monoisotopic (exact) mass is 396 g/mol. The molecule has 0 atom stereocenters. The summed E-state index contributed by atoms with van der Waals surface area (Å²) in [6.07, 6.45) is 3.06. The maximum atomic E-state index is 12.6. The summed E-state index contributed by atoms with van der Waals surface area (Å²) in [6, 6.07) is 8.87. The van der Waals surface area contributed by atoms with E-state index in [1.807, 2.05) is 11.8 Å². The van der Waals surface area contributed by atoms with Crippen LogP contribution in [0.1, 0.15) is 58.7 Å². The molecule has 1 aliphatic heterocycles. The second kappa shape index (κ2) is 9.47. The number of aromatic nitrogens is 1. The largest absolute Gasteiger partial charge is 0.356 e. The fourth-order valence-electron chi connectivity index (χ4n) is 3.28. The first kappa shape index (κ1) is 20.0. The lowest BCUT2D eigenvalue weighted by Crippen LogP contribution is -2.37. The van der Waals surface area contributed by atoms with Crippen molar-refractivity contribution in [1.82, 2.24) is 15.2 Å². The predicted octanol–water partition coefficient (Wildman–Crippen LogP) is 3.10. The summed E-state index contributed by atoms with van der Waals surface area (Å²) < 4.78 is 0. The third-order valence-electron chi connectivity index (χ3n) is 4.99. The van der Waals surface area contributed by atoms with E-state index in [0.717, 1.165) is 30.0 Å². The Morgan fingerprint density at radius 3 is 2.64 bits per heavy atom. The van der Waals surface area contributed by atoms with E-state index in [1.165, 1.54) is 0 Å². The highest BCUT2D eigenvalue weighted by atomic mass is 32.1. The van der Waals surface area contributed by atoms with Gasteiger partial charge in [0.25, 0.3) is 5.91 Å². The Morgan fingerprint density at radius 1 is 1.29 bits per heavy atom. The highest BCUT2D eigenvalue weighted by Crippen LogP contribution is 2.31. The van der Waals surface area contributed by atoms with Crippen molar-refractivity contribution in [3.8, 4) is 6.07 Å². The molecule has 1 fully saturated rings. The van der Waals surface area contributed by atoms with Crippen molar-refractivity contribution in [3.05, 3.63) is 51.5 Å². The van der Waals surface area contributed by atoms with Crippen molar-refractivity contribution >= 4 is 23.2 Å². The molecular weight excluding hydrogens is 372 g/mol. The highest BCUT2D eigenvalue weighted by molar-refractivity contribution is 7.09. The minimum atomic E-state index is 0.0226. The standard InChI is InChI=1S/C21H24N4O2S/c1-2-19(26)23-10-7-18-14-28-20(24-18)16-8-11-25(12-9-16)21(27)17-5-3-15(13-22)4-6-17/h3-6,14,16H,2,7-12H2,1H3,(H,23,26). The van der Waals surface area contributed by atoms with Crippen LogP contribution in [-0.4, -0.2) is 41.3 Å². The second-order valence-corrected chi connectivity index (χ2v) is 7.78. The molecule has 0 unspecified atom stereocenters. The lowest BCUT2D eigenvalue weighted by molar-refractivity contribution is -0.120. The molecule has 2 aromatic rings. The lowest BCUT2D eigenvalue weighted by atomic mass is 9.97. The maximum absolute atomic E-state index is 12.6. The Morgan fingerprint density at radius 2 is 2.00 bits per heavy atom. The number of piperidine rings is 1. The molecule has 2 heterocycles. The van der Waals surface area contributed by atoms with Gasteiger partial charge in [0.05, 0.1) is 22.3 Å². The first-order valence-electron chi connectivity index (χ1n) is 9.61. The van der Waals surface area contributed by atoms with Gasteiger partial charge in [-0.3, -0.25) is 9.59 Å². The average molecular weight is 397 g/mol. The zero-order valence-electron chi connectivity index (χ0n) is 16.0. The Kier molecular flexibility index (Phi) is 6.77. The number of benzene rings is 1. The van der Waals surface area contributed by atoms with E-state index in [0.29, 0.717) is 43.1 Å². The molecule has 0 radical (unpaired) electrons. The summed E-state index contributed by atoms with van der Waals surface area (Å²) in [4.78, 5) is 30.6. The molecular formula is C21H24N4O2S. The maximum Gasteiger partial charge on any atom is 0.253 e. The van der Waals surface area contributed by atoms with Crippen LogP contribution in [0.4, 0.5) is 0 Å². The van der Waals surface area contributed by atoms with Crippen molar-refractivity contribution in [2.24, 2.45) is 0 Å². The van der Waals surface area contributed by atoms with Gasteiger partial charge in [0.15, 0.2) is 0 Å². The number of nitrogens with zero attached hydrogens (tertiary/aromatic N) is 3. The van der Waals surface area contributed by atoms with Gasteiger partial charge in [-0.1, -0.05) is 6.92 Å². The number of rotatable bonds is 6. The van der Waals surface area contributed by atoms with Crippen LogP contribution in [0, 0.1) is 11.3 Å². The number of nitriles is 1. The Labute approximate surface area is 169 Å². The topological polar surface area (TPSA) is 86.1 Å². The molecule has 7 heteroatoms. The summed E-state index contributed by atoms with van der Waals surface area (Å²) in [6.45, 7) is 3.89. The predicted molar refractivity (Wildman–Crippen MR) is 108 cm³/mol. The Balaban J connectivity index is 1.50. The quantitative estimate of drug-likeness (QED) is 0.813. The fourth-order valence-corrected chi connectivity index (χ4v) is 4.30. The summed E-state index contributed by atoms with van der Waals surface area (Å²) in [5.74, 6) is 0.471. The van der Waals surface area contributed by atoms with Gasteiger partial charge in [-0.25, -0.2) is 4.98 Å². The van der Waals surface area contributed by atoms with Crippen LogP contribution in [0.25, 0.3) is 0 Å². The number of hydrogen-bond donors (Lipinski definition) is 1. The lowest BCUT2D eigenvalue weighted by Gasteiger charge is -2.31. The van der Waals surface area contributed by atoms with Crippen LogP contribution in [0.3, 0.4) is 0 Å². The molecule has 0 spiro atoms. The van der Waals surface area contributed by atoms with E-state index in [2.05, 4.69) is 16.8 Å². The van der Waals surface area contributed by atoms with Crippen LogP contribution in [0.2, 0.25) is 0 Å². The molecule has 0 aliphatic carbocycles. The molecule has 0 saturated carbocycles. The molecule has 6 nitrogen and oxygen atoms in total. The molecule has 1 aromatic heterocycles. The van der Waals surface area contributed by atoms with Crippen LogP contribution < -0.4 is 5.32 Å². The van der Waals surface area contributed by atoms with Gasteiger partial charge >= 0.3 is 0 Å². The van der Waals surface area contributed by atoms with Crippen LogP contribution in [0.5, 0.6) is 0 Å².